The van der Waals surface area contributed by atoms with E-state index < -0.39 is 18.2 Å². The second-order valence-corrected chi connectivity index (χ2v) is 5.92. The van der Waals surface area contributed by atoms with Crippen molar-refractivity contribution in [1.82, 2.24) is 0 Å². The van der Waals surface area contributed by atoms with Crippen molar-refractivity contribution in [3.05, 3.63) is 0 Å². The monoisotopic (exact) mass is 344 g/mol. The molecular weight excluding hydrogens is 312 g/mol. The highest BCUT2D eigenvalue weighted by molar-refractivity contribution is 5.84. The Balaban J connectivity index is 4.04. The molecule has 0 radical (unpaired) electrons. The lowest BCUT2D eigenvalue weighted by Gasteiger charge is -2.17. The van der Waals surface area contributed by atoms with Gasteiger partial charge in [0.1, 0.15) is 0 Å². The third kappa shape index (κ3) is 13.0. The van der Waals surface area contributed by atoms with Crippen molar-refractivity contribution in [3.63, 3.8) is 0 Å². The van der Waals surface area contributed by atoms with E-state index in [2.05, 4.69) is 6.92 Å². The normalized spacial score (nSPS) is 11.9. The number of carbonyl (C=O) groups is 3. The van der Waals surface area contributed by atoms with Crippen molar-refractivity contribution >= 4 is 17.7 Å². The molecule has 0 aliphatic rings. The lowest BCUT2D eigenvalue weighted by atomic mass is 10.1. The Morgan fingerprint density at radius 3 is 2.08 bits per heavy atom. The summed E-state index contributed by atoms with van der Waals surface area (Å²) >= 11 is 0. The molecule has 6 heteroatoms. The van der Waals surface area contributed by atoms with E-state index in [0.717, 1.165) is 32.1 Å². The van der Waals surface area contributed by atoms with Crippen molar-refractivity contribution in [2.75, 3.05) is 6.61 Å². The third-order valence-corrected chi connectivity index (χ3v) is 3.54. The van der Waals surface area contributed by atoms with Crippen LogP contribution in [0.25, 0.3) is 0 Å². The molecule has 0 heterocycles. The molecule has 1 atom stereocenters. The minimum atomic E-state index is -1.08. The molecule has 0 spiro atoms. The number of ether oxygens (including phenoxy) is 2. The predicted octanol–water partition coefficient (Wildman–Crippen LogP) is 3.86. The van der Waals surface area contributed by atoms with Gasteiger partial charge in [-0.1, -0.05) is 39.5 Å². The Labute approximate surface area is 144 Å². The summed E-state index contributed by atoms with van der Waals surface area (Å²) in [6, 6.07) is 0. The second-order valence-electron chi connectivity index (χ2n) is 5.92. The molecule has 0 aromatic heterocycles. The maximum atomic E-state index is 12.0. The number of Topliss-reactive ketones (excluding diaryl/α,β-unsaturated/α-hetero) is 1. The van der Waals surface area contributed by atoms with Crippen LogP contribution in [0.2, 0.25) is 0 Å². The Kier molecular flexibility index (Phi) is 14.2. The number of rotatable bonds is 16. The van der Waals surface area contributed by atoms with Gasteiger partial charge in [0.05, 0.1) is 6.61 Å². The Hall–Kier alpha value is -1.43. The summed E-state index contributed by atoms with van der Waals surface area (Å²) in [5, 5.41) is 8.54. The van der Waals surface area contributed by atoms with Crippen LogP contribution in [0.1, 0.15) is 84.5 Å². The molecule has 6 nitrogen and oxygen atoms in total. The van der Waals surface area contributed by atoms with Gasteiger partial charge in [0.15, 0.2) is 0 Å². The second kappa shape index (κ2) is 15.1. The topological polar surface area (TPSA) is 89.9 Å². The summed E-state index contributed by atoms with van der Waals surface area (Å²) in [4.78, 5) is 34.2. The van der Waals surface area contributed by atoms with Crippen LogP contribution in [0.3, 0.4) is 0 Å². The molecule has 0 amide bonds. The van der Waals surface area contributed by atoms with Crippen LogP contribution >= 0.6 is 0 Å². The van der Waals surface area contributed by atoms with Gasteiger partial charge in [0, 0.05) is 19.3 Å². The summed E-state index contributed by atoms with van der Waals surface area (Å²) in [7, 11) is 0. The van der Waals surface area contributed by atoms with E-state index in [9.17, 15) is 14.4 Å². The molecule has 0 rings (SSSR count). The lowest BCUT2D eigenvalue weighted by Crippen LogP contribution is -2.30. The fourth-order valence-electron chi connectivity index (χ4n) is 2.18. The molecule has 1 unspecified atom stereocenters. The van der Waals surface area contributed by atoms with Crippen LogP contribution < -0.4 is 0 Å². The van der Waals surface area contributed by atoms with E-state index in [1.165, 1.54) is 0 Å². The van der Waals surface area contributed by atoms with Gasteiger partial charge in [-0.25, -0.2) is 0 Å². The molecule has 0 bridgehead atoms. The molecular formula is C18H32O6. The molecule has 0 aliphatic carbocycles. The standard InChI is InChI=1S/C18H32O6/c1-3-5-10-14-23-18(15(19)11-4-2)24-17(22)13-9-7-6-8-12-16(20)21/h18H,3-14H2,1-2H3,(H,20,21). The highest BCUT2D eigenvalue weighted by Gasteiger charge is 2.22. The Bertz CT molecular complexity index is 367. The zero-order valence-corrected chi connectivity index (χ0v) is 15.1. The minimum Gasteiger partial charge on any atom is -0.481 e. The first kappa shape index (κ1) is 22.6. The summed E-state index contributed by atoms with van der Waals surface area (Å²) in [5.74, 6) is -1.42. The molecule has 0 saturated carbocycles. The van der Waals surface area contributed by atoms with Gasteiger partial charge in [-0.05, 0) is 25.7 Å². The summed E-state index contributed by atoms with van der Waals surface area (Å²) in [6.45, 7) is 4.39. The van der Waals surface area contributed by atoms with E-state index >= 15 is 0 Å². The number of carboxylic acid groups (broad SMARTS) is 1. The number of hydrogen-bond donors (Lipinski definition) is 1. The van der Waals surface area contributed by atoms with E-state index in [0.29, 0.717) is 32.3 Å². The molecule has 0 aromatic rings. The van der Waals surface area contributed by atoms with Crippen LogP contribution in [-0.4, -0.2) is 35.7 Å². The molecule has 0 fully saturated rings. The van der Waals surface area contributed by atoms with Crippen molar-refractivity contribution in [2.45, 2.75) is 90.8 Å². The predicted molar refractivity (Wildman–Crippen MR) is 90.6 cm³/mol. The summed E-state index contributed by atoms with van der Waals surface area (Å²) < 4.78 is 10.6. The van der Waals surface area contributed by atoms with Crippen molar-refractivity contribution in [1.29, 1.82) is 0 Å². The molecule has 24 heavy (non-hydrogen) atoms. The van der Waals surface area contributed by atoms with Gasteiger partial charge < -0.3 is 14.6 Å². The van der Waals surface area contributed by atoms with Crippen molar-refractivity contribution in [2.24, 2.45) is 0 Å². The van der Waals surface area contributed by atoms with Crippen LogP contribution in [0, 0.1) is 0 Å². The quantitative estimate of drug-likeness (QED) is 0.260. The van der Waals surface area contributed by atoms with Gasteiger partial charge in [-0.2, -0.15) is 0 Å². The van der Waals surface area contributed by atoms with Crippen molar-refractivity contribution in [3.8, 4) is 0 Å². The zero-order chi connectivity index (χ0) is 18.2. The maximum absolute atomic E-state index is 12.0. The number of carbonyl (C=O) groups excluding carboxylic acids is 2. The highest BCUT2D eigenvalue weighted by atomic mass is 16.7. The number of aliphatic carboxylic acids is 1. The average molecular weight is 344 g/mol. The van der Waals surface area contributed by atoms with Gasteiger partial charge in [-0.3, -0.25) is 14.4 Å². The molecule has 0 aliphatic heterocycles. The van der Waals surface area contributed by atoms with Crippen molar-refractivity contribution < 1.29 is 29.0 Å². The maximum Gasteiger partial charge on any atom is 0.308 e. The number of unbranched alkanes of at least 4 members (excludes halogenated alkanes) is 5. The van der Waals surface area contributed by atoms with Crippen LogP contribution in [0.5, 0.6) is 0 Å². The molecule has 0 aromatic carbocycles. The fraction of sp³-hybridized carbons (Fsp3) is 0.833. The SMILES string of the molecule is CCCCCOC(OC(=O)CCCCCCC(=O)O)C(=O)CCC. The lowest BCUT2D eigenvalue weighted by molar-refractivity contribution is -0.185. The highest BCUT2D eigenvalue weighted by Crippen LogP contribution is 2.10. The number of hydrogen-bond acceptors (Lipinski definition) is 5. The van der Waals surface area contributed by atoms with Gasteiger partial charge in [0.25, 0.3) is 6.29 Å². The molecule has 140 valence electrons. The fourth-order valence-corrected chi connectivity index (χ4v) is 2.18. The van der Waals surface area contributed by atoms with E-state index in [1.807, 2.05) is 6.92 Å². The van der Waals surface area contributed by atoms with E-state index in [-0.39, 0.29) is 18.6 Å². The number of esters is 1. The first-order valence-corrected chi connectivity index (χ1v) is 9.06. The van der Waals surface area contributed by atoms with Gasteiger partial charge >= 0.3 is 11.9 Å². The Morgan fingerprint density at radius 2 is 1.50 bits per heavy atom. The third-order valence-electron chi connectivity index (χ3n) is 3.54. The summed E-state index contributed by atoms with van der Waals surface area (Å²) in [5.41, 5.74) is 0. The van der Waals surface area contributed by atoms with E-state index in [4.69, 9.17) is 14.6 Å². The number of ketones is 1. The molecule has 0 saturated heterocycles. The molecule has 1 N–H and O–H groups in total. The first-order chi connectivity index (χ1) is 11.5. The van der Waals surface area contributed by atoms with Crippen LogP contribution in [-0.2, 0) is 23.9 Å². The zero-order valence-electron chi connectivity index (χ0n) is 15.1. The Morgan fingerprint density at radius 1 is 0.833 bits per heavy atom. The van der Waals surface area contributed by atoms with Crippen LogP contribution in [0.4, 0.5) is 0 Å². The number of carboxylic acids is 1. The summed E-state index contributed by atoms with van der Waals surface area (Å²) in [6.07, 6.45) is 6.01. The minimum absolute atomic E-state index is 0.156. The largest absolute Gasteiger partial charge is 0.481 e. The van der Waals surface area contributed by atoms with Crippen LogP contribution in [0.15, 0.2) is 0 Å². The first-order valence-electron chi connectivity index (χ1n) is 9.06. The van der Waals surface area contributed by atoms with Gasteiger partial charge in [-0.15, -0.1) is 0 Å². The average Bonchev–Trinajstić information content (AvgIpc) is 2.53. The van der Waals surface area contributed by atoms with E-state index in [1.54, 1.807) is 0 Å². The smallest absolute Gasteiger partial charge is 0.308 e. The van der Waals surface area contributed by atoms with Gasteiger partial charge in [0.2, 0.25) is 5.78 Å².